The molecule has 0 bridgehead atoms. The predicted octanol–water partition coefficient (Wildman–Crippen LogP) is 4.04. The van der Waals surface area contributed by atoms with Gasteiger partial charge in [-0.2, -0.15) is 5.10 Å². The summed E-state index contributed by atoms with van der Waals surface area (Å²) >= 11 is 0. The maximum Gasteiger partial charge on any atom is 0.339 e. The Kier molecular flexibility index (Phi) is 4.78. The number of rotatable bonds is 7. The van der Waals surface area contributed by atoms with E-state index in [4.69, 9.17) is 4.74 Å². The molecule has 7 heteroatoms. The third-order valence-corrected chi connectivity index (χ3v) is 5.70. The highest BCUT2D eigenvalue weighted by atomic mass is 28.3. The van der Waals surface area contributed by atoms with Gasteiger partial charge >= 0.3 is 5.97 Å². The van der Waals surface area contributed by atoms with E-state index in [1.54, 1.807) is 4.68 Å². The van der Waals surface area contributed by atoms with E-state index in [0.717, 1.165) is 16.9 Å². The Hall–Kier alpha value is -2.38. The number of carbonyl (C=O) groups is 1. The van der Waals surface area contributed by atoms with E-state index in [1.807, 2.05) is 30.3 Å². The summed E-state index contributed by atoms with van der Waals surface area (Å²) < 4.78 is 7.22. The maximum absolute atomic E-state index is 11.6. The van der Waals surface area contributed by atoms with Gasteiger partial charge in [0.2, 0.25) is 0 Å². The molecular weight excluding hydrogens is 334 g/mol. The van der Waals surface area contributed by atoms with Crippen molar-refractivity contribution in [1.29, 1.82) is 0 Å². The quantitative estimate of drug-likeness (QED) is 0.494. The van der Waals surface area contributed by atoms with Gasteiger partial charge in [-0.1, -0.05) is 37.8 Å². The van der Waals surface area contributed by atoms with Gasteiger partial charge in [0.15, 0.2) is 0 Å². The number of hydrogen-bond donors (Lipinski definition) is 2. The van der Waals surface area contributed by atoms with Gasteiger partial charge in [0, 0.05) is 31.8 Å². The number of H-pyrrole nitrogens is 1. The average molecular weight is 357 g/mol. The van der Waals surface area contributed by atoms with Gasteiger partial charge < -0.3 is 14.8 Å². The molecule has 2 N–H and O–H groups in total. The number of nitrogens with one attached hydrogen (secondary N) is 1. The fourth-order valence-electron chi connectivity index (χ4n) is 2.58. The van der Waals surface area contributed by atoms with Gasteiger partial charge in [-0.25, -0.2) is 9.48 Å². The number of fused-ring (bicyclic) bond motifs is 1. The molecule has 0 fully saturated rings. The number of aromatic amines is 1. The van der Waals surface area contributed by atoms with Gasteiger partial charge in [0.25, 0.3) is 0 Å². The molecule has 25 heavy (non-hydrogen) atoms. The largest absolute Gasteiger partial charge is 0.478 e. The predicted molar refractivity (Wildman–Crippen MR) is 101 cm³/mol. The summed E-state index contributed by atoms with van der Waals surface area (Å²) in [6.07, 6.45) is 1.53. The lowest BCUT2D eigenvalue weighted by Gasteiger charge is -2.15. The first-order valence-electron chi connectivity index (χ1n) is 8.30. The van der Waals surface area contributed by atoms with Crippen LogP contribution < -0.4 is 0 Å². The van der Waals surface area contributed by atoms with Gasteiger partial charge in [-0.15, -0.1) is 0 Å². The summed E-state index contributed by atoms with van der Waals surface area (Å²) in [5.41, 5.74) is 2.24. The second-order valence-corrected chi connectivity index (χ2v) is 13.0. The highest BCUT2D eigenvalue weighted by molar-refractivity contribution is 6.76. The van der Waals surface area contributed by atoms with Gasteiger partial charge in [-0.3, -0.25) is 0 Å². The molecule has 0 amide bonds. The molecule has 0 spiro atoms. The van der Waals surface area contributed by atoms with Crippen molar-refractivity contribution in [1.82, 2.24) is 14.8 Å². The molecule has 0 radical (unpaired) electrons. The lowest BCUT2D eigenvalue weighted by molar-refractivity contribution is 0.0693. The molecule has 0 aliphatic carbocycles. The van der Waals surface area contributed by atoms with Crippen molar-refractivity contribution in [2.45, 2.75) is 32.4 Å². The van der Waals surface area contributed by atoms with E-state index >= 15 is 0 Å². The van der Waals surface area contributed by atoms with Crippen molar-refractivity contribution in [2.24, 2.45) is 0 Å². The van der Waals surface area contributed by atoms with Crippen molar-refractivity contribution in [2.75, 3.05) is 6.61 Å². The number of aromatic carboxylic acids is 1. The van der Waals surface area contributed by atoms with Crippen LogP contribution in [0.3, 0.4) is 0 Å². The summed E-state index contributed by atoms with van der Waals surface area (Å²) in [6, 6.07) is 10.8. The molecule has 0 aliphatic rings. The lowest BCUT2D eigenvalue weighted by atomic mass is 10.2. The Morgan fingerprint density at radius 3 is 2.76 bits per heavy atom. The number of benzene rings is 1. The van der Waals surface area contributed by atoms with Crippen molar-refractivity contribution >= 4 is 24.9 Å². The first kappa shape index (κ1) is 17.4. The van der Waals surface area contributed by atoms with E-state index in [-0.39, 0.29) is 12.3 Å². The van der Waals surface area contributed by atoms with Gasteiger partial charge in [-0.05, 0) is 18.2 Å². The number of carboxylic acid groups (broad SMARTS) is 1. The molecule has 1 aromatic carbocycles. The highest BCUT2D eigenvalue weighted by Crippen LogP contribution is 2.26. The standard InChI is InChI=1S/C18H23N3O3Si/c1-25(2,3)9-8-24-12-21-11-14(18(22)23)17(20-21)16-10-13-6-4-5-7-15(13)19-16/h4-7,10-11,19H,8-9,12H2,1-3H3,(H,22,23). The van der Waals surface area contributed by atoms with Crippen LogP contribution in [-0.2, 0) is 11.5 Å². The smallest absolute Gasteiger partial charge is 0.339 e. The Morgan fingerprint density at radius 1 is 1.32 bits per heavy atom. The zero-order chi connectivity index (χ0) is 18.0. The third kappa shape index (κ3) is 4.18. The molecule has 0 saturated carbocycles. The number of ether oxygens (including phenoxy) is 1. The zero-order valence-electron chi connectivity index (χ0n) is 14.7. The zero-order valence-corrected chi connectivity index (χ0v) is 15.7. The van der Waals surface area contributed by atoms with Crippen molar-refractivity contribution in [3.63, 3.8) is 0 Å². The summed E-state index contributed by atoms with van der Waals surface area (Å²) in [5.74, 6) is -0.998. The molecule has 132 valence electrons. The van der Waals surface area contributed by atoms with Crippen LogP contribution in [0.4, 0.5) is 0 Å². The number of hydrogen-bond acceptors (Lipinski definition) is 3. The van der Waals surface area contributed by atoms with Crippen LogP contribution in [0.2, 0.25) is 25.7 Å². The van der Waals surface area contributed by atoms with Crippen LogP contribution >= 0.6 is 0 Å². The molecule has 2 heterocycles. The van der Waals surface area contributed by atoms with E-state index < -0.39 is 14.0 Å². The second kappa shape index (κ2) is 6.85. The Bertz CT molecular complexity index is 859. The molecule has 0 aliphatic heterocycles. The van der Waals surface area contributed by atoms with Crippen LogP contribution in [0, 0.1) is 0 Å². The number of carboxylic acids is 1. The molecule has 0 atom stereocenters. The molecule has 0 unspecified atom stereocenters. The normalized spacial score (nSPS) is 12.0. The van der Waals surface area contributed by atoms with Crippen LogP contribution in [0.25, 0.3) is 22.3 Å². The molecule has 0 saturated heterocycles. The van der Waals surface area contributed by atoms with E-state index in [9.17, 15) is 9.90 Å². The van der Waals surface area contributed by atoms with Crippen LogP contribution in [0.1, 0.15) is 10.4 Å². The van der Waals surface area contributed by atoms with E-state index in [0.29, 0.717) is 18.0 Å². The van der Waals surface area contributed by atoms with Crippen molar-refractivity contribution < 1.29 is 14.6 Å². The van der Waals surface area contributed by atoms with Gasteiger partial charge in [0.05, 0.1) is 5.69 Å². The Labute approximate surface area is 147 Å². The number of para-hydroxylation sites is 1. The van der Waals surface area contributed by atoms with Crippen molar-refractivity contribution in [3.8, 4) is 11.4 Å². The average Bonchev–Trinajstić information content (AvgIpc) is 3.14. The first-order chi connectivity index (χ1) is 11.8. The Morgan fingerprint density at radius 2 is 2.08 bits per heavy atom. The maximum atomic E-state index is 11.6. The summed E-state index contributed by atoms with van der Waals surface area (Å²) in [5, 5.41) is 14.9. The molecule has 3 aromatic rings. The third-order valence-electron chi connectivity index (χ3n) is 4.00. The Balaban J connectivity index is 1.81. The minimum Gasteiger partial charge on any atom is -0.478 e. The van der Waals surface area contributed by atoms with E-state index in [2.05, 4.69) is 29.7 Å². The first-order valence-corrected chi connectivity index (χ1v) is 12.0. The second-order valence-electron chi connectivity index (χ2n) is 7.35. The summed E-state index contributed by atoms with van der Waals surface area (Å²) in [4.78, 5) is 14.8. The summed E-state index contributed by atoms with van der Waals surface area (Å²) in [6.45, 7) is 7.80. The highest BCUT2D eigenvalue weighted by Gasteiger charge is 2.19. The molecule has 2 aromatic heterocycles. The minimum absolute atomic E-state index is 0.167. The molecular formula is C18H23N3O3Si. The minimum atomic E-state index is -1.14. The SMILES string of the molecule is C[Si](C)(C)CCOCn1cc(C(=O)O)c(-c2cc3ccccc3[nH]2)n1. The lowest BCUT2D eigenvalue weighted by Crippen LogP contribution is -2.22. The van der Waals surface area contributed by atoms with Gasteiger partial charge in [0.1, 0.15) is 18.0 Å². The summed E-state index contributed by atoms with van der Waals surface area (Å²) in [7, 11) is -1.14. The van der Waals surface area contributed by atoms with Crippen LogP contribution in [-0.4, -0.2) is 40.5 Å². The number of nitrogens with zero attached hydrogens (tertiary/aromatic N) is 2. The van der Waals surface area contributed by atoms with Crippen molar-refractivity contribution in [3.05, 3.63) is 42.1 Å². The topological polar surface area (TPSA) is 80.1 Å². The monoisotopic (exact) mass is 357 g/mol. The fraction of sp³-hybridized carbons (Fsp3) is 0.333. The molecule has 6 nitrogen and oxygen atoms in total. The fourth-order valence-corrected chi connectivity index (χ4v) is 3.34. The number of aromatic nitrogens is 3. The van der Waals surface area contributed by atoms with Crippen LogP contribution in [0.5, 0.6) is 0 Å². The van der Waals surface area contributed by atoms with Crippen LogP contribution in [0.15, 0.2) is 36.5 Å². The van der Waals surface area contributed by atoms with E-state index in [1.165, 1.54) is 6.20 Å². The molecule has 3 rings (SSSR count).